The zero-order valence-corrected chi connectivity index (χ0v) is 17.0. The third kappa shape index (κ3) is 3.54. The van der Waals surface area contributed by atoms with Gasteiger partial charge in [0.25, 0.3) is 10.0 Å². The van der Waals surface area contributed by atoms with Crippen LogP contribution in [0.4, 0.5) is 5.69 Å². The zero-order valence-electron chi connectivity index (χ0n) is 15.3. The van der Waals surface area contributed by atoms with E-state index < -0.39 is 26.8 Å². The van der Waals surface area contributed by atoms with Crippen molar-refractivity contribution in [1.82, 2.24) is 0 Å². The molecule has 1 aromatic heterocycles. The van der Waals surface area contributed by atoms with Gasteiger partial charge in [0, 0.05) is 5.92 Å². The summed E-state index contributed by atoms with van der Waals surface area (Å²) in [5.41, 5.74) is 2.02. The van der Waals surface area contributed by atoms with Gasteiger partial charge in [0.15, 0.2) is 0 Å². The van der Waals surface area contributed by atoms with E-state index in [0.717, 1.165) is 21.2 Å². The molecular weight excluding hydrogens is 386 g/mol. The monoisotopic (exact) mass is 405 g/mol. The number of amides is 1. The molecule has 27 heavy (non-hydrogen) atoms. The van der Waals surface area contributed by atoms with E-state index in [1.807, 2.05) is 6.92 Å². The number of nitrogens with zero attached hydrogens (tertiary/aromatic N) is 1. The fraction of sp³-hybridized carbons (Fsp3) is 0.263. The molecule has 8 heteroatoms. The molecule has 0 fully saturated rings. The molecule has 0 unspecified atom stereocenters. The molecule has 0 saturated carbocycles. The Bertz CT molecular complexity index is 1190. The number of anilines is 1. The first-order valence-corrected chi connectivity index (χ1v) is 10.6. The van der Waals surface area contributed by atoms with E-state index in [4.69, 9.17) is 4.42 Å². The molecule has 0 atom stereocenters. The highest BCUT2D eigenvalue weighted by Crippen LogP contribution is 2.31. The van der Waals surface area contributed by atoms with Crippen LogP contribution in [-0.2, 0) is 14.8 Å². The largest absolute Gasteiger partial charge is 0.414 e. The Morgan fingerprint density at radius 3 is 2.44 bits per heavy atom. The lowest BCUT2D eigenvalue weighted by atomic mass is 10.2. The predicted molar refractivity (Wildman–Crippen MR) is 106 cm³/mol. The van der Waals surface area contributed by atoms with Crippen molar-refractivity contribution in [3.8, 4) is 0 Å². The fourth-order valence-electron chi connectivity index (χ4n) is 2.79. The molecule has 2 aromatic carbocycles. The first-order valence-electron chi connectivity index (χ1n) is 8.31. The SMILES string of the molecule is Cc1ccc(S(=O)(=O)N(C(=O)C(C)C)c2ccc3oc(=O)sc3c2)c(C)c1. The molecule has 6 nitrogen and oxygen atoms in total. The zero-order chi connectivity index (χ0) is 19.9. The van der Waals surface area contributed by atoms with Crippen molar-refractivity contribution in [3.63, 3.8) is 0 Å². The van der Waals surface area contributed by atoms with Crippen molar-refractivity contribution in [1.29, 1.82) is 0 Å². The van der Waals surface area contributed by atoms with Crippen molar-refractivity contribution >= 4 is 43.2 Å². The topological polar surface area (TPSA) is 84.7 Å². The Morgan fingerprint density at radius 2 is 1.81 bits per heavy atom. The lowest BCUT2D eigenvalue weighted by molar-refractivity contribution is -0.120. The number of fused-ring (bicyclic) bond motifs is 1. The normalized spacial score (nSPS) is 11.9. The van der Waals surface area contributed by atoms with Crippen LogP contribution in [0, 0.1) is 19.8 Å². The second-order valence-electron chi connectivity index (χ2n) is 6.62. The van der Waals surface area contributed by atoms with Gasteiger partial charge in [-0.2, -0.15) is 0 Å². The summed E-state index contributed by atoms with van der Waals surface area (Å²) in [5, 5.41) is 0. The standard InChI is InChI=1S/C19H19NO5S2/c1-11(2)18(21)20(14-6-7-15-16(10-14)26-19(22)25-15)27(23,24)17-8-5-12(3)9-13(17)4/h5-11H,1-4H3. The summed E-state index contributed by atoms with van der Waals surface area (Å²) >= 11 is 0.860. The van der Waals surface area contributed by atoms with Crippen LogP contribution in [0.5, 0.6) is 0 Å². The van der Waals surface area contributed by atoms with Gasteiger partial charge in [-0.3, -0.25) is 4.79 Å². The van der Waals surface area contributed by atoms with Gasteiger partial charge in [0.1, 0.15) is 5.58 Å². The molecule has 3 aromatic rings. The Morgan fingerprint density at radius 1 is 1.11 bits per heavy atom. The van der Waals surface area contributed by atoms with Crippen LogP contribution in [0.1, 0.15) is 25.0 Å². The van der Waals surface area contributed by atoms with Crippen LogP contribution in [0.3, 0.4) is 0 Å². The van der Waals surface area contributed by atoms with E-state index in [2.05, 4.69) is 0 Å². The van der Waals surface area contributed by atoms with Gasteiger partial charge in [-0.15, -0.1) is 0 Å². The first kappa shape index (κ1) is 19.3. The molecule has 0 radical (unpaired) electrons. The maximum absolute atomic E-state index is 13.4. The average Bonchev–Trinajstić information content (AvgIpc) is 2.93. The van der Waals surface area contributed by atoms with E-state index in [1.54, 1.807) is 32.9 Å². The van der Waals surface area contributed by atoms with Gasteiger partial charge in [0.2, 0.25) is 5.91 Å². The second-order valence-corrected chi connectivity index (χ2v) is 9.35. The number of carbonyl (C=O) groups is 1. The first-order chi connectivity index (χ1) is 12.6. The van der Waals surface area contributed by atoms with E-state index in [-0.39, 0.29) is 10.6 Å². The Hall–Kier alpha value is -2.45. The van der Waals surface area contributed by atoms with Crippen LogP contribution < -0.4 is 9.24 Å². The van der Waals surface area contributed by atoms with Crippen molar-refractivity contribution in [2.24, 2.45) is 5.92 Å². The number of benzene rings is 2. The summed E-state index contributed by atoms with van der Waals surface area (Å²) in [4.78, 5) is 23.9. The minimum absolute atomic E-state index is 0.0718. The summed E-state index contributed by atoms with van der Waals surface area (Å²) in [6.07, 6.45) is 0. The number of carbonyl (C=O) groups excluding carboxylic acids is 1. The number of hydrogen-bond acceptors (Lipinski definition) is 6. The lowest BCUT2D eigenvalue weighted by Gasteiger charge is -2.25. The van der Waals surface area contributed by atoms with Crippen LogP contribution in [-0.4, -0.2) is 14.3 Å². The number of hydrogen-bond donors (Lipinski definition) is 0. The van der Waals surface area contributed by atoms with E-state index in [9.17, 15) is 18.0 Å². The van der Waals surface area contributed by atoms with E-state index in [1.165, 1.54) is 24.3 Å². The predicted octanol–water partition coefficient (Wildman–Crippen LogP) is 3.85. The van der Waals surface area contributed by atoms with Crippen molar-refractivity contribution in [2.75, 3.05) is 4.31 Å². The van der Waals surface area contributed by atoms with Crippen molar-refractivity contribution in [2.45, 2.75) is 32.6 Å². The molecule has 0 N–H and O–H groups in total. The Labute approximate surface area is 161 Å². The average molecular weight is 405 g/mol. The summed E-state index contributed by atoms with van der Waals surface area (Å²) < 4.78 is 33.1. The highest BCUT2D eigenvalue weighted by Gasteiger charge is 2.33. The fourth-order valence-corrected chi connectivity index (χ4v) is 5.24. The molecule has 0 spiro atoms. The molecule has 0 aliphatic heterocycles. The van der Waals surface area contributed by atoms with Crippen molar-refractivity contribution < 1.29 is 17.6 Å². The molecule has 3 rings (SSSR count). The molecule has 1 amide bonds. The van der Waals surface area contributed by atoms with Gasteiger partial charge in [-0.25, -0.2) is 17.5 Å². The van der Waals surface area contributed by atoms with Gasteiger partial charge >= 0.3 is 4.94 Å². The molecule has 1 heterocycles. The van der Waals surface area contributed by atoms with Crippen LogP contribution >= 0.6 is 11.3 Å². The van der Waals surface area contributed by atoms with Gasteiger partial charge < -0.3 is 4.42 Å². The highest BCUT2D eigenvalue weighted by atomic mass is 32.2. The summed E-state index contributed by atoms with van der Waals surface area (Å²) in [6.45, 7) is 6.85. The van der Waals surface area contributed by atoms with Crippen LogP contribution in [0.2, 0.25) is 0 Å². The molecule has 0 aliphatic rings. The summed E-state index contributed by atoms with van der Waals surface area (Å²) in [5.74, 6) is -1.09. The number of aryl methyl sites for hydroxylation is 2. The van der Waals surface area contributed by atoms with Crippen molar-refractivity contribution in [3.05, 3.63) is 57.3 Å². The molecule has 0 aliphatic carbocycles. The van der Waals surface area contributed by atoms with E-state index >= 15 is 0 Å². The summed E-state index contributed by atoms with van der Waals surface area (Å²) in [7, 11) is -4.13. The smallest absolute Gasteiger partial charge is 0.396 e. The Balaban J connectivity index is 2.23. The second kappa shape index (κ2) is 6.94. The minimum atomic E-state index is -4.13. The molecule has 0 bridgehead atoms. The van der Waals surface area contributed by atoms with Crippen LogP contribution in [0.25, 0.3) is 10.3 Å². The van der Waals surface area contributed by atoms with Gasteiger partial charge in [-0.1, -0.05) is 42.9 Å². The third-order valence-corrected chi connectivity index (χ3v) is 6.77. The summed E-state index contributed by atoms with van der Waals surface area (Å²) in [6, 6.07) is 9.43. The maximum Gasteiger partial charge on any atom is 0.396 e. The Kier molecular flexibility index (Phi) is 4.96. The molecule has 0 saturated heterocycles. The quantitative estimate of drug-likeness (QED) is 0.658. The lowest BCUT2D eigenvalue weighted by Crippen LogP contribution is -2.39. The maximum atomic E-state index is 13.4. The van der Waals surface area contributed by atoms with Crippen LogP contribution in [0.15, 0.2) is 50.5 Å². The molecular formula is C19H19NO5S2. The van der Waals surface area contributed by atoms with Gasteiger partial charge in [-0.05, 0) is 43.7 Å². The number of rotatable bonds is 4. The highest BCUT2D eigenvalue weighted by molar-refractivity contribution is 7.93. The minimum Gasteiger partial charge on any atom is -0.414 e. The number of sulfonamides is 1. The third-order valence-electron chi connectivity index (χ3n) is 4.09. The molecule has 142 valence electrons. The van der Waals surface area contributed by atoms with E-state index in [0.29, 0.717) is 15.8 Å². The van der Waals surface area contributed by atoms with Gasteiger partial charge in [0.05, 0.1) is 15.3 Å².